The number of H-pyrrole nitrogens is 1. The second-order valence-electron chi connectivity index (χ2n) is 7.44. The molecule has 1 atom stereocenters. The first-order valence-corrected chi connectivity index (χ1v) is 9.17. The van der Waals surface area contributed by atoms with Gasteiger partial charge in [0, 0.05) is 23.9 Å². The quantitative estimate of drug-likeness (QED) is 0.741. The first-order valence-electron chi connectivity index (χ1n) is 9.17. The summed E-state index contributed by atoms with van der Waals surface area (Å²) in [6.07, 6.45) is 0.328. The second-order valence-corrected chi connectivity index (χ2v) is 7.44. The number of amides is 1. The van der Waals surface area contributed by atoms with Gasteiger partial charge in [-0.05, 0) is 34.7 Å². The Labute approximate surface area is 157 Å². The van der Waals surface area contributed by atoms with Crippen LogP contribution < -0.4 is 0 Å². The molecule has 27 heavy (non-hydrogen) atoms. The topological polar surface area (TPSA) is 73.4 Å². The van der Waals surface area contributed by atoms with Crippen molar-refractivity contribution in [3.8, 4) is 0 Å². The zero-order valence-corrected chi connectivity index (χ0v) is 15.4. The molecule has 0 bridgehead atoms. The predicted octanol–water partition coefficient (Wildman–Crippen LogP) is 3.94. The largest absolute Gasteiger partial charge is 0.480 e. The molecule has 0 saturated heterocycles. The molecule has 2 heterocycles. The average molecular weight is 362 g/mol. The lowest BCUT2D eigenvalue weighted by molar-refractivity contribution is -0.142. The van der Waals surface area contributed by atoms with Gasteiger partial charge in [-0.3, -0.25) is 4.79 Å². The van der Waals surface area contributed by atoms with Crippen LogP contribution in [0.2, 0.25) is 0 Å². The Kier molecular flexibility index (Phi) is 4.22. The third-order valence-electron chi connectivity index (χ3n) is 5.34. The molecule has 2 aromatic carbocycles. The van der Waals surface area contributed by atoms with E-state index in [2.05, 4.69) is 31.0 Å². The molecule has 1 aliphatic rings. The Bertz CT molecular complexity index is 1030. The maximum absolute atomic E-state index is 13.1. The SMILES string of the molecule is CC(C)c1ccc2cc(C(=O)N3Cc4ccccc4CC3C(=O)O)[nH]c2c1. The number of aromatic amines is 1. The fourth-order valence-corrected chi connectivity index (χ4v) is 3.73. The number of hydrogen-bond acceptors (Lipinski definition) is 2. The van der Waals surface area contributed by atoms with Crippen LogP contribution in [0.5, 0.6) is 0 Å². The van der Waals surface area contributed by atoms with E-state index in [0.717, 1.165) is 22.0 Å². The summed E-state index contributed by atoms with van der Waals surface area (Å²) in [6.45, 7) is 4.55. The summed E-state index contributed by atoms with van der Waals surface area (Å²) in [5.41, 5.74) is 4.51. The van der Waals surface area contributed by atoms with Crippen molar-refractivity contribution in [2.45, 2.75) is 38.8 Å². The minimum absolute atomic E-state index is 0.279. The highest BCUT2D eigenvalue weighted by atomic mass is 16.4. The van der Waals surface area contributed by atoms with E-state index in [9.17, 15) is 14.7 Å². The van der Waals surface area contributed by atoms with Crippen LogP contribution in [-0.4, -0.2) is 32.9 Å². The van der Waals surface area contributed by atoms with Crippen molar-refractivity contribution in [2.75, 3.05) is 0 Å². The molecule has 1 aliphatic heterocycles. The molecule has 0 fully saturated rings. The molecule has 1 amide bonds. The number of aromatic nitrogens is 1. The molecule has 2 N–H and O–H groups in total. The van der Waals surface area contributed by atoms with Gasteiger partial charge in [0.05, 0.1) is 0 Å². The van der Waals surface area contributed by atoms with Gasteiger partial charge in [-0.2, -0.15) is 0 Å². The first-order chi connectivity index (χ1) is 12.9. The number of carbonyl (C=O) groups is 2. The van der Waals surface area contributed by atoms with Gasteiger partial charge in [-0.25, -0.2) is 4.79 Å². The lowest BCUT2D eigenvalue weighted by Gasteiger charge is -2.34. The number of carboxylic acid groups (broad SMARTS) is 1. The molecule has 0 spiro atoms. The third kappa shape index (κ3) is 3.10. The van der Waals surface area contributed by atoms with E-state index < -0.39 is 12.0 Å². The summed E-state index contributed by atoms with van der Waals surface area (Å²) in [4.78, 5) is 29.6. The fourth-order valence-electron chi connectivity index (χ4n) is 3.73. The van der Waals surface area contributed by atoms with Gasteiger partial charge in [0.15, 0.2) is 0 Å². The molecule has 5 heteroatoms. The Hall–Kier alpha value is -3.08. The highest BCUT2D eigenvalue weighted by Gasteiger charge is 2.35. The number of nitrogens with one attached hydrogen (secondary N) is 1. The number of nitrogens with zero attached hydrogens (tertiary/aromatic N) is 1. The number of hydrogen-bond donors (Lipinski definition) is 2. The molecular weight excluding hydrogens is 340 g/mol. The standard InChI is InChI=1S/C22H22N2O3/c1-13(2)14-7-8-16-10-19(23-18(16)9-14)21(25)24-12-17-6-4-3-5-15(17)11-20(24)22(26)27/h3-10,13,20,23H,11-12H2,1-2H3,(H,26,27). The zero-order chi connectivity index (χ0) is 19.1. The normalized spacial score (nSPS) is 16.6. The van der Waals surface area contributed by atoms with Gasteiger partial charge in [-0.15, -0.1) is 0 Å². The fraction of sp³-hybridized carbons (Fsp3) is 0.273. The maximum Gasteiger partial charge on any atom is 0.326 e. The number of benzene rings is 2. The molecule has 0 radical (unpaired) electrons. The number of carboxylic acids is 1. The zero-order valence-electron chi connectivity index (χ0n) is 15.4. The van der Waals surface area contributed by atoms with E-state index in [0.29, 0.717) is 24.6 Å². The van der Waals surface area contributed by atoms with E-state index in [1.165, 1.54) is 10.5 Å². The van der Waals surface area contributed by atoms with Crippen LogP contribution in [0.15, 0.2) is 48.5 Å². The second kappa shape index (κ2) is 6.58. The van der Waals surface area contributed by atoms with Crippen molar-refractivity contribution in [2.24, 2.45) is 0 Å². The van der Waals surface area contributed by atoms with Crippen LogP contribution in [0.3, 0.4) is 0 Å². The molecule has 1 unspecified atom stereocenters. The number of aliphatic carboxylic acids is 1. The lowest BCUT2D eigenvalue weighted by Crippen LogP contribution is -2.48. The van der Waals surface area contributed by atoms with E-state index in [-0.39, 0.29) is 5.91 Å². The molecule has 138 valence electrons. The van der Waals surface area contributed by atoms with Gasteiger partial charge >= 0.3 is 5.97 Å². The molecule has 0 aliphatic carbocycles. The first kappa shape index (κ1) is 17.3. The maximum atomic E-state index is 13.1. The summed E-state index contributed by atoms with van der Waals surface area (Å²) >= 11 is 0. The number of fused-ring (bicyclic) bond motifs is 2. The Morgan fingerprint density at radius 1 is 1.11 bits per heavy atom. The Morgan fingerprint density at radius 2 is 1.85 bits per heavy atom. The Morgan fingerprint density at radius 3 is 2.56 bits per heavy atom. The van der Waals surface area contributed by atoms with Gasteiger partial charge < -0.3 is 15.0 Å². The number of rotatable bonds is 3. The summed E-state index contributed by atoms with van der Waals surface area (Å²) in [7, 11) is 0. The molecule has 4 rings (SSSR count). The highest BCUT2D eigenvalue weighted by Crippen LogP contribution is 2.27. The van der Waals surface area contributed by atoms with E-state index >= 15 is 0 Å². The minimum atomic E-state index is -0.976. The van der Waals surface area contributed by atoms with E-state index in [1.54, 1.807) is 6.07 Å². The van der Waals surface area contributed by atoms with Crippen molar-refractivity contribution in [1.29, 1.82) is 0 Å². The molecule has 3 aromatic rings. The molecule has 0 saturated carbocycles. The summed E-state index contributed by atoms with van der Waals surface area (Å²) < 4.78 is 0. The predicted molar refractivity (Wildman–Crippen MR) is 104 cm³/mol. The van der Waals surface area contributed by atoms with Crippen molar-refractivity contribution in [1.82, 2.24) is 9.88 Å². The van der Waals surface area contributed by atoms with Crippen LogP contribution in [0, 0.1) is 0 Å². The van der Waals surface area contributed by atoms with Crippen molar-refractivity contribution < 1.29 is 14.7 Å². The van der Waals surface area contributed by atoms with E-state index in [1.807, 2.05) is 30.3 Å². The Balaban J connectivity index is 1.70. The van der Waals surface area contributed by atoms with Crippen LogP contribution in [-0.2, 0) is 17.8 Å². The number of carbonyl (C=O) groups excluding carboxylic acids is 1. The van der Waals surface area contributed by atoms with Crippen LogP contribution in [0.1, 0.15) is 46.9 Å². The van der Waals surface area contributed by atoms with Gasteiger partial charge in [0.25, 0.3) is 5.91 Å². The monoisotopic (exact) mass is 362 g/mol. The minimum Gasteiger partial charge on any atom is -0.480 e. The van der Waals surface area contributed by atoms with Crippen LogP contribution in [0.25, 0.3) is 10.9 Å². The van der Waals surface area contributed by atoms with Gasteiger partial charge in [0.1, 0.15) is 11.7 Å². The average Bonchev–Trinajstić information content (AvgIpc) is 3.09. The smallest absolute Gasteiger partial charge is 0.326 e. The molecule has 1 aromatic heterocycles. The van der Waals surface area contributed by atoms with Crippen molar-refractivity contribution in [3.63, 3.8) is 0 Å². The molecular formula is C22H22N2O3. The summed E-state index contributed by atoms with van der Waals surface area (Å²) in [5, 5.41) is 10.6. The van der Waals surface area contributed by atoms with Crippen LogP contribution in [0.4, 0.5) is 0 Å². The van der Waals surface area contributed by atoms with Gasteiger partial charge in [-0.1, -0.05) is 50.2 Å². The lowest BCUT2D eigenvalue weighted by atomic mass is 9.93. The third-order valence-corrected chi connectivity index (χ3v) is 5.34. The molecule has 5 nitrogen and oxygen atoms in total. The van der Waals surface area contributed by atoms with Crippen molar-refractivity contribution >= 4 is 22.8 Å². The highest BCUT2D eigenvalue weighted by molar-refractivity contribution is 6.00. The summed E-state index contributed by atoms with van der Waals surface area (Å²) in [6, 6.07) is 14.8. The van der Waals surface area contributed by atoms with E-state index in [4.69, 9.17) is 0 Å². The van der Waals surface area contributed by atoms with Crippen LogP contribution >= 0.6 is 0 Å². The summed E-state index contributed by atoms with van der Waals surface area (Å²) in [5.74, 6) is -0.859. The van der Waals surface area contributed by atoms with Crippen molar-refractivity contribution in [3.05, 3.63) is 70.9 Å². The van der Waals surface area contributed by atoms with Gasteiger partial charge in [0.2, 0.25) is 0 Å².